The first-order valence-electron chi connectivity index (χ1n) is 7.23. The predicted molar refractivity (Wildman–Crippen MR) is 80.4 cm³/mol. The zero-order valence-corrected chi connectivity index (χ0v) is 12.2. The summed E-state index contributed by atoms with van der Waals surface area (Å²) in [6, 6.07) is 6.23. The summed E-state index contributed by atoms with van der Waals surface area (Å²) in [6.07, 6.45) is 0. The molecule has 1 aliphatic heterocycles. The lowest BCUT2D eigenvalue weighted by Crippen LogP contribution is -2.48. The molecule has 108 valence electrons. The molecule has 3 rings (SSSR count). The first-order valence-corrected chi connectivity index (χ1v) is 7.23. The van der Waals surface area contributed by atoms with Crippen LogP contribution in [0, 0.1) is 0 Å². The number of nitrogens with zero attached hydrogens (tertiary/aromatic N) is 3. The number of anilines is 1. The number of nitrogens with two attached hydrogens (primary N) is 1. The Bertz CT molecular complexity index is 585. The van der Waals surface area contributed by atoms with Crippen molar-refractivity contribution >= 4 is 16.8 Å². The average Bonchev–Trinajstić information content (AvgIpc) is 2.80. The molecule has 0 amide bonds. The van der Waals surface area contributed by atoms with Crippen molar-refractivity contribution in [1.82, 2.24) is 14.8 Å². The van der Waals surface area contributed by atoms with Crippen LogP contribution in [0.3, 0.4) is 0 Å². The second-order valence-corrected chi connectivity index (χ2v) is 5.74. The molecule has 1 fully saturated rings. The van der Waals surface area contributed by atoms with Gasteiger partial charge in [-0.3, -0.25) is 9.80 Å². The standard InChI is InChI=1S/C15H22N4O/c1-11(2)19-7-5-18(6-8-19)10-15-17-13-4-3-12(16)9-14(13)20-15/h3-4,9,11H,5-8,10,16H2,1-2H3. The fraction of sp³-hybridized carbons (Fsp3) is 0.533. The largest absolute Gasteiger partial charge is 0.439 e. The quantitative estimate of drug-likeness (QED) is 0.867. The SMILES string of the molecule is CC(C)N1CCN(Cc2nc3ccc(N)cc3o2)CC1. The molecule has 2 aromatic rings. The van der Waals surface area contributed by atoms with Gasteiger partial charge in [-0.05, 0) is 26.0 Å². The van der Waals surface area contributed by atoms with E-state index in [1.165, 1.54) is 0 Å². The average molecular weight is 274 g/mol. The maximum Gasteiger partial charge on any atom is 0.209 e. The van der Waals surface area contributed by atoms with E-state index in [-0.39, 0.29) is 0 Å². The Balaban J connectivity index is 1.65. The van der Waals surface area contributed by atoms with E-state index < -0.39 is 0 Å². The van der Waals surface area contributed by atoms with Gasteiger partial charge in [0.15, 0.2) is 5.58 Å². The van der Waals surface area contributed by atoms with Gasteiger partial charge in [-0.2, -0.15) is 0 Å². The second-order valence-electron chi connectivity index (χ2n) is 5.74. The smallest absolute Gasteiger partial charge is 0.209 e. The number of fused-ring (bicyclic) bond motifs is 1. The van der Waals surface area contributed by atoms with E-state index in [1.807, 2.05) is 18.2 Å². The Hall–Kier alpha value is -1.59. The number of piperazine rings is 1. The summed E-state index contributed by atoms with van der Waals surface area (Å²) in [7, 11) is 0. The first kappa shape index (κ1) is 13.4. The van der Waals surface area contributed by atoms with Crippen LogP contribution in [-0.4, -0.2) is 47.0 Å². The summed E-state index contributed by atoms with van der Waals surface area (Å²) in [5, 5.41) is 0. The molecular formula is C15H22N4O. The third kappa shape index (κ3) is 2.78. The Morgan fingerprint density at radius 1 is 1.25 bits per heavy atom. The number of aromatic nitrogens is 1. The van der Waals surface area contributed by atoms with Gasteiger partial charge in [0.05, 0.1) is 6.54 Å². The summed E-state index contributed by atoms with van der Waals surface area (Å²) in [4.78, 5) is 9.42. The van der Waals surface area contributed by atoms with Gasteiger partial charge in [0.25, 0.3) is 0 Å². The van der Waals surface area contributed by atoms with Gasteiger partial charge in [0.1, 0.15) is 5.52 Å². The molecule has 2 heterocycles. The van der Waals surface area contributed by atoms with Crippen molar-refractivity contribution in [3.63, 3.8) is 0 Å². The van der Waals surface area contributed by atoms with Gasteiger partial charge >= 0.3 is 0 Å². The van der Waals surface area contributed by atoms with E-state index in [9.17, 15) is 0 Å². The maximum absolute atomic E-state index is 5.78. The molecule has 0 aliphatic carbocycles. The molecule has 0 atom stereocenters. The van der Waals surface area contributed by atoms with Crippen molar-refractivity contribution in [1.29, 1.82) is 0 Å². The molecule has 1 aromatic heterocycles. The zero-order valence-electron chi connectivity index (χ0n) is 12.2. The van der Waals surface area contributed by atoms with Crippen molar-refractivity contribution in [3.05, 3.63) is 24.1 Å². The molecule has 5 nitrogen and oxygen atoms in total. The summed E-state index contributed by atoms with van der Waals surface area (Å²) in [5.41, 5.74) is 8.13. The van der Waals surface area contributed by atoms with Crippen molar-refractivity contribution in [3.8, 4) is 0 Å². The van der Waals surface area contributed by atoms with Crippen LogP contribution in [0.2, 0.25) is 0 Å². The first-order chi connectivity index (χ1) is 9.61. The van der Waals surface area contributed by atoms with E-state index in [0.29, 0.717) is 11.7 Å². The highest BCUT2D eigenvalue weighted by Crippen LogP contribution is 2.19. The number of benzene rings is 1. The predicted octanol–water partition coefficient (Wildman–Crippen LogP) is 1.94. The third-order valence-corrected chi connectivity index (χ3v) is 3.95. The summed E-state index contributed by atoms with van der Waals surface area (Å²) in [5.74, 6) is 0.781. The number of hydrogen-bond acceptors (Lipinski definition) is 5. The zero-order chi connectivity index (χ0) is 14.1. The number of hydrogen-bond donors (Lipinski definition) is 1. The van der Waals surface area contributed by atoms with E-state index in [4.69, 9.17) is 10.2 Å². The number of rotatable bonds is 3. The van der Waals surface area contributed by atoms with E-state index >= 15 is 0 Å². The van der Waals surface area contributed by atoms with Gasteiger partial charge in [-0.25, -0.2) is 4.98 Å². The van der Waals surface area contributed by atoms with Gasteiger partial charge in [-0.1, -0.05) is 0 Å². The van der Waals surface area contributed by atoms with Gasteiger partial charge in [-0.15, -0.1) is 0 Å². The fourth-order valence-corrected chi connectivity index (χ4v) is 2.69. The van der Waals surface area contributed by atoms with Gasteiger partial charge in [0, 0.05) is 44.0 Å². The van der Waals surface area contributed by atoms with Crippen LogP contribution in [0.25, 0.3) is 11.1 Å². The minimum Gasteiger partial charge on any atom is -0.439 e. The highest BCUT2D eigenvalue weighted by atomic mass is 16.3. The Morgan fingerprint density at radius 2 is 2.00 bits per heavy atom. The van der Waals surface area contributed by atoms with Crippen LogP contribution in [0.15, 0.2) is 22.6 Å². The fourth-order valence-electron chi connectivity index (χ4n) is 2.69. The molecule has 0 radical (unpaired) electrons. The summed E-state index contributed by atoms with van der Waals surface area (Å²) >= 11 is 0. The number of nitrogen functional groups attached to an aromatic ring is 1. The normalized spacial score (nSPS) is 18.1. The highest BCUT2D eigenvalue weighted by molar-refractivity contribution is 5.76. The molecule has 20 heavy (non-hydrogen) atoms. The van der Waals surface area contributed by atoms with E-state index in [1.54, 1.807) is 0 Å². The molecule has 5 heteroatoms. The topological polar surface area (TPSA) is 58.5 Å². The second kappa shape index (κ2) is 5.42. The van der Waals surface area contributed by atoms with Crippen LogP contribution in [-0.2, 0) is 6.54 Å². The summed E-state index contributed by atoms with van der Waals surface area (Å²) < 4.78 is 5.78. The van der Waals surface area contributed by atoms with Crippen molar-refractivity contribution in [2.45, 2.75) is 26.4 Å². The Kier molecular flexibility index (Phi) is 3.63. The van der Waals surface area contributed by atoms with Crippen molar-refractivity contribution in [2.75, 3.05) is 31.9 Å². The molecular weight excluding hydrogens is 252 g/mol. The van der Waals surface area contributed by atoms with Crippen molar-refractivity contribution < 1.29 is 4.42 Å². The van der Waals surface area contributed by atoms with E-state index in [0.717, 1.165) is 49.7 Å². The van der Waals surface area contributed by atoms with Crippen LogP contribution in [0.1, 0.15) is 19.7 Å². The molecule has 1 aromatic carbocycles. The molecule has 2 N–H and O–H groups in total. The van der Waals surface area contributed by atoms with E-state index in [2.05, 4.69) is 28.6 Å². The molecule has 0 bridgehead atoms. The third-order valence-electron chi connectivity index (χ3n) is 3.95. The molecule has 1 saturated heterocycles. The van der Waals surface area contributed by atoms with Crippen LogP contribution in [0.4, 0.5) is 5.69 Å². The van der Waals surface area contributed by atoms with Crippen molar-refractivity contribution in [2.24, 2.45) is 0 Å². The lowest BCUT2D eigenvalue weighted by molar-refractivity contribution is 0.0982. The van der Waals surface area contributed by atoms with Crippen LogP contribution in [0.5, 0.6) is 0 Å². The molecule has 0 spiro atoms. The van der Waals surface area contributed by atoms with Gasteiger partial charge in [0.2, 0.25) is 5.89 Å². The lowest BCUT2D eigenvalue weighted by atomic mass is 10.2. The van der Waals surface area contributed by atoms with Crippen LogP contribution < -0.4 is 5.73 Å². The highest BCUT2D eigenvalue weighted by Gasteiger charge is 2.20. The number of oxazole rings is 1. The minimum absolute atomic E-state index is 0.629. The molecule has 0 unspecified atom stereocenters. The monoisotopic (exact) mass is 274 g/mol. The molecule has 1 aliphatic rings. The Morgan fingerprint density at radius 3 is 2.70 bits per heavy atom. The van der Waals surface area contributed by atoms with Crippen LogP contribution >= 0.6 is 0 Å². The maximum atomic E-state index is 5.78. The lowest BCUT2D eigenvalue weighted by Gasteiger charge is -2.36. The minimum atomic E-state index is 0.629. The Labute approximate surface area is 119 Å². The summed E-state index contributed by atoms with van der Waals surface area (Å²) in [6.45, 7) is 9.65. The van der Waals surface area contributed by atoms with Gasteiger partial charge < -0.3 is 10.2 Å². The molecule has 0 saturated carbocycles.